The lowest BCUT2D eigenvalue weighted by Gasteiger charge is -2.19. The molecule has 3 rings (SSSR count). The number of carbonyl (C=O) groups is 2. The molecule has 0 unspecified atom stereocenters. The fourth-order valence-electron chi connectivity index (χ4n) is 2.32. The Morgan fingerprint density at radius 3 is 2.52 bits per heavy atom. The average Bonchev–Trinajstić information content (AvgIpc) is 2.65. The third-order valence-electron chi connectivity index (χ3n) is 3.37. The van der Waals surface area contributed by atoms with Gasteiger partial charge in [0.2, 0.25) is 5.91 Å². The number of fused-ring (bicyclic) bond motifs is 1. The van der Waals surface area contributed by atoms with Gasteiger partial charge in [0.05, 0.1) is 0 Å². The third kappa shape index (κ3) is 2.76. The topological polar surface area (TPSA) is 49.4 Å². The Morgan fingerprint density at radius 1 is 1.05 bits per heavy atom. The van der Waals surface area contributed by atoms with Crippen molar-refractivity contribution in [2.24, 2.45) is 0 Å². The van der Waals surface area contributed by atoms with Gasteiger partial charge in [0.25, 0.3) is 5.91 Å². The van der Waals surface area contributed by atoms with E-state index in [0.717, 1.165) is 11.3 Å². The van der Waals surface area contributed by atoms with Crippen molar-refractivity contribution in [1.82, 2.24) is 4.90 Å². The molecular weight excluding hydrogens is 271 g/mol. The zero-order valence-corrected chi connectivity index (χ0v) is 11.2. The number of carbonyl (C=O) groups excluding carboxylic acids is 2. The molecule has 1 aliphatic rings. The Kier molecular flexibility index (Phi) is 3.39. The number of anilines is 1. The number of rotatable bonds is 1. The molecule has 0 aliphatic carbocycles. The Hall–Kier alpha value is -2.69. The van der Waals surface area contributed by atoms with Gasteiger partial charge in [0.15, 0.2) is 0 Å². The van der Waals surface area contributed by atoms with Crippen LogP contribution in [-0.2, 0) is 11.3 Å². The van der Waals surface area contributed by atoms with Gasteiger partial charge in [0, 0.05) is 17.8 Å². The second-order valence-corrected chi connectivity index (χ2v) is 4.87. The summed E-state index contributed by atoms with van der Waals surface area (Å²) in [7, 11) is 0. The summed E-state index contributed by atoms with van der Waals surface area (Å²) in [5, 5.41) is 2.77. The van der Waals surface area contributed by atoms with Crippen LogP contribution in [0.2, 0.25) is 0 Å². The lowest BCUT2D eigenvalue weighted by atomic mass is 10.1. The predicted octanol–water partition coefficient (Wildman–Crippen LogP) is 2.42. The van der Waals surface area contributed by atoms with Gasteiger partial charge in [-0.15, -0.1) is 0 Å². The highest BCUT2D eigenvalue weighted by molar-refractivity contribution is 6.00. The fraction of sp³-hybridized carbons (Fsp3) is 0.125. The number of nitrogens with zero attached hydrogens (tertiary/aromatic N) is 1. The van der Waals surface area contributed by atoms with E-state index in [1.165, 1.54) is 29.2 Å². The van der Waals surface area contributed by atoms with Crippen LogP contribution >= 0.6 is 0 Å². The summed E-state index contributed by atoms with van der Waals surface area (Å²) in [5.41, 5.74) is 1.96. The summed E-state index contributed by atoms with van der Waals surface area (Å²) < 4.78 is 12.9. The van der Waals surface area contributed by atoms with Crippen LogP contribution in [0.5, 0.6) is 0 Å². The molecule has 0 aromatic heterocycles. The minimum Gasteiger partial charge on any atom is -0.325 e. The van der Waals surface area contributed by atoms with E-state index in [9.17, 15) is 14.0 Å². The first-order valence-electron chi connectivity index (χ1n) is 6.56. The van der Waals surface area contributed by atoms with Crippen LogP contribution < -0.4 is 5.32 Å². The first kappa shape index (κ1) is 13.3. The zero-order chi connectivity index (χ0) is 14.8. The van der Waals surface area contributed by atoms with E-state index in [1.54, 1.807) is 6.07 Å². The molecule has 1 aliphatic heterocycles. The molecule has 2 aromatic carbocycles. The zero-order valence-electron chi connectivity index (χ0n) is 11.2. The average molecular weight is 284 g/mol. The first-order valence-corrected chi connectivity index (χ1v) is 6.56. The van der Waals surface area contributed by atoms with E-state index in [-0.39, 0.29) is 18.4 Å². The van der Waals surface area contributed by atoms with Crippen LogP contribution in [0, 0.1) is 5.82 Å². The molecule has 0 radical (unpaired) electrons. The lowest BCUT2D eigenvalue weighted by Crippen LogP contribution is -2.35. The maximum atomic E-state index is 12.9. The molecule has 21 heavy (non-hydrogen) atoms. The van der Waals surface area contributed by atoms with Crippen LogP contribution in [0.4, 0.5) is 10.1 Å². The first-order chi connectivity index (χ1) is 10.1. The normalized spacial score (nSPS) is 14.1. The Balaban J connectivity index is 1.90. The van der Waals surface area contributed by atoms with Gasteiger partial charge in [-0.1, -0.05) is 18.2 Å². The van der Waals surface area contributed by atoms with Crippen molar-refractivity contribution in [2.45, 2.75) is 6.54 Å². The standard InChI is InChI=1S/C16H13FN2O2/c17-13-7-5-11(6-8-13)16(21)19-9-12-3-1-2-4-14(12)18-15(20)10-19/h1-8H,9-10H2,(H,18,20). The molecule has 2 aromatic rings. The number of amides is 2. The van der Waals surface area contributed by atoms with Crippen LogP contribution in [0.15, 0.2) is 48.5 Å². The van der Waals surface area contributed by atoms with E-state index < -0.39 is 5.82 Å². The molecule has 106 valence electrons. The quantitative estimate of drug-likeness (QED) is 0.874. The van der Waals surface area contributed by atoms with E-state index >= 15 is 0 Å². The molecule has 0 spiro atoms. The summed E-state index contributed by atoms with van der Waals surface area (Å²) in [6.07, 6.45) is 0. The molecule has 0 fully saturated rings. The lowest BCUT2D eigenvalue weighted by molar-refractivity contribution is -0.116. The minimum absolute atomic E-state index is 0.0229. The van der Waals surface area contributed by atoms with Crippen LogP contribution in [-0.4, -0.2) is 23.3 Å². The van der Waals surface area contributed by atoms with Gasteiger partial charge in [-0.25, -0.2) is 4.39 Å². The molecule has 0 bridgehead atoms. The molecule has 4 nitrogen and oxygen atoms in total. The van der Waals surface area contributed by atoms with E-state index in [4.69, 9.17) is 0 Å². The molecule has 1 heterocycles. The van der Waals surface area contributed by atoms with Crippen molar-refractivity contribution < 1.29 is 14.0 Å². The van der Waals surface area contributed by atoms with Crippen molar-refractivity contribution in [3.63, 3.8) is 0 Å². The van der Waals surface area contributed by atoms with E-state index in [1.807, 2.05) is 18.2 Å². The van der Waals surface area contributed by atoms with Gasteiger partial charge in [-0.3, -0.25) is 9.59 Å². The second-order valence-electron chi connectivity index (χ2n) is 4.87. The highest BCUT2D eigenvalue weighted by atomic mass is 19.1. The highest BCUT2D eigenvalue weighted by Crippen LogP contribution is 2.21. The molecule has 1 N–H and O–H groups in total. The number of hydrogen-bond acceptors (Lipinski definition) is 2. The SMILES string of the molecule is O=C1CN(C(=O)c2ccc(F)cc2)Cc2ccccc2N1. The summed E-state index contributed by atoms with van der Waals surface area (Å²) in [4.78, 5) is 25.8. The maximum absolute atomic E-state index is 12.9. The van der Waals surface area contributed by atoms with Crippen molar-refractivity contribution in [1.29, 1.82) is 0 Å². The predicted molar refractivity (Wildman–Crippen MR) is 76.2 cm³/mol. The van der Waals surface area contributed by atoms with Gasteiger partial charge >= 0.3 is 0 Å². The van der Waals surface area contributed by atoms with Crippen molar-refractivity contribution in [3.05, 3.63) is 65.5 Å². The Bertz CT molecular complexity index is 698. The Labute approximate surface area is 121 Å². The fourth-order valence-corrected chi connectivity index (χ4v) is 2.32. The van der Waals surface area contributed by atoms with Crippen LogP contribution in [0.25, 0.3) is 0 Å². The maximum Gasteiger partial charge on any atom is 0.254 e. The molecule has 0 saturated carbocycles. The van der Waals surface area contributed by atoms with Gasteiger partial charge in [0.1, 0.15) is 12.4 Å². The van der Waals surface area contributed by atoms with Crippen molar-refractivity contribution >= 4 is 17.5 Å². The minimum atomic E-state index is -0.398. The summed E-state index contributed by atoms with van der Waals surface area (Å²) in [6, 6.07) is 12.7. The number of hydrogen-bond donors (Lipinski definition) is 1. The van der Waals surface area contributed by atoms with E-state index in [2.05, 4.69) is 5.32 Å². The Morgan fingerprint density at radius 2 is 1.76 bits per heavy atom. The molecule has 0 atom stereocenters. The number of benzene rings is 2. The molecule has 2 amide bonds. The third-order valence-corrected chi connectivity index (χ3v) is 3.37. The van der Waals surface area contributed by atoms with Crippen LogP contribution in [0.1, 0.15) is 15.9 Å². The summed E-state index contributed by atoms with van der Waals surface area (Å²) in [5.74, 6) is -0.928. The van der Waals surface area contributed by atoms with Gasteiger partial charge in [-0.2, -0.15) is 0 Å². The van der Waals surface area contributed by atoms with E-state index in [0.29, 0.717) is 12.1 Å². The smallest absolute Gasteiger partial charge is 0.254 e. The monoisotopic (exact) mass is 284 g/mol. The summed E-state index contributed by atoms with van der Waals surface area (Å²) >= 11 is 0. The second kappa shape index (κ2) is 5.36. The van der Waals surface area contributed by atoms with Gasteiger partial charge in [-0.05, 0) is 35.9 Å². The molecule has 0 saturated heterocycles. The highest BCUT2D eigenvalue weighted by Gasteiger charge is 2.23. The number of nitrogens with one attached hydrogen (secondary N) is 1. The van der Waals surface area contributed by atoms with Gasteiger partial charge < -0.3 is 10.2 Å². The van der Waals surface area contributed by atoms with Crippen molar-refractivity contribution in [3.8, 4) is 0 Å². The number of para-hydroxylation sites is 1. The molecular formula is C16H13FN2O2. The molecule has 5 heteroatoms. The number of halogens is 1. The largest absolute Gasteiger partial charge is 0.325 e. The van der Waals surface area contributed by atoms with Crippen molar-refractivity contribution in [2.75, 3.05) is 11.9 Å². The van der Waals surface area contributed by atoms with Crippen LogP contribution in [0.3, 0.4) is 0 Å². The summed E-state index contributed by atoms with van der Waals surface area (Å²) in [6.45, 7) is 0.315.